The minimum absolute atomic E-state index is 0.230. The van der Waals surface area contributed by atoms with Crippen LogP contribution in [0.5, 0.6) is 5.75 Å². The van der Waals surface area contributed by atoms with Crippen LogP contribution in [0.25, 0.3) is 22.4 Å². The second-order valence-electron chi connectivity index (χ2n) is 7.21. The van der Waals surface area contributed by atoms with E-state index < -0.39 is 37.3 Å². The Morgan fingerprint density at radius 3 is 2.55 bits per heavy atom. The van der Waals surface area contributed by atoms with Gasteiger partial charge < -0.3 is 40.2 Å². The number of aromatic nitrogens is 2. The van der Waals surface area contributed by atoms with Crippen molar-refractivity contribution in [1.29, 1.82) is 0 Å². The summed E-state index contributed by atoms with van der Waals surface area (Å²) in [7, 11) is 1.56. The number of fused-ring (bicyclic) bond motifs is 1. The molecule has 1 aliphatic heterocycles. The van der Waals surface area contributed by atoms with Crippen molar-refractivity contribution < 1.29 is 34.7 Å². The van der Waals surface area contributed by atoms with E-state index in [2.05, 4.69) is 15.3 Å². The number of aliphatic hydroxyl groups is 4. The summed E-state index contributed by atoms with van der Waals surface area (Å²) in [6, 6.07) is 12.0. The highest BCUT2D eigenvalue weighted by atomic mass is 16.7. The van der Waals surface area contributed by atoms with Gasteiger partial charge in [0.1, 0.15) is 41.5 Å². The largest absolute Gasteiger partial charge is 0.462 e. The third-order valence-corrected chi connectivity index (χ3v) is 5.21. The number of hydrogen-bond acceptors (Lipinski definition) is 8. The molecular formula is C21H23N3O7. The maximum Gasteiger partial charge on any atom is 0.253 e. The number of benzene rings is 2. The number of nitrogens with one attached hydrogen (secondary N) is 2. The molecule has 2 heterocycles. The fourth-order valence-electron chi connectivity index (χ4n) is 3.48. The van der Waals surface area contributed by atoms with Gasteiger partial charge in [0.2, 0.25) is 6.29 Å². The number of carbonyl (C=O) groups is 1. The standard InChI is InChI=1S/C21H23N3O7/c1-22-20(29)12-3-2-4-13-15(12)24-19(23-13)10-5-7-11(8-6-10)30-21-18(28)17(27)16(26)14(9-25)31-21/h2-8,14,16-18,21,25-28H,9H2,1H3,(H,22,29)(H,23,24). The molecule has 3 aromatic rings. The van der Waals surface area contributed by atoms with Crippen LogP contribution in [0.2, 0.25) is 0 Å². The Morgan fingerprint density at radius 1 is 1.13 bits per heavy atom. The molecule has 2 aromatic carbocycles. The van der Waals surface area contributed by atoms with Gasteiger partial charge in [-0.1, -0.05) is 6.07 Å². The van der Waals surface area contributed by atoms with Gasteiger partial charge in [0.15, 0.2) is 0 Å². The van der Waals surface area contributed by atoms with E-state index in [1.165, 1.54) is 0 Å². The van der Waals surface area contributed by atoms with Gasteiger partial charge in [-0.3, -0.25) is 4.79 Å². The first kappa shape index (κ1) is 21.2. The first-order chi connectivity index (χ1) is 14.9. The number of H-pyrrole nitrogens is 1. The van der Waals surface area contributed by atoms with Crippen molar-refractivity contribution in [2.24, 2.45) is 0 Å². The number of imidazole rings is 1. The van der Waals surface area contributed by atoms with Crippen LogP contribution in [0.15, 0.2) is 42.5 Å². The van der Waals surface area contributed by atoms with E-state index in [0.29, 0.717) is 22.7 Å². The topological polar surface area (TPSA) is 157 Å². The molecule has 1 fully saturated rings. The summed E-state index contributed by atoms with van der Waals surface area (Å²) in [6.07, 6.45) is -6.76. The maximum atomic E-state index is 12.1. The molecule has 164 valence electrons. The maximum absolute atomic E-state index is 12.1. The second kappa shape index (κ2) is 8.61. The highest BCUT2D eigenvalue weighted by molar-refractivity contribution is 6.05. The molecule has 1 aliphatic rings. The van der Waals surface area contributed by atoms with Gasteiger partial charge in [0, 0.05) is 12.6 Å². The zero-order chi connectivity index (χ0) is 22.1. The van der Waals surface area contributed by atoms with Gasteiger partial charge in [-0.2, -0.15) is 0 Å². The summed E-state index contributed by atoms with van der Waals surface area (Å²) < 4.78 is 10.9. The molecule has 0 spiro atoms. The lowest BCUT2D eigenvalue weighted by Gasteiger charge is -2.39. The zero-order valence-electron chi connectivity index (χ0n) is 16.6. The van der Waals surface area contributed by atoms with E-state index in [4.69, 9.17) is 9.47 Å². The molecule has 5 atom stereocenters. The summed E-state index contributed by atoms with van der Waals surface area (Å²) >= 11 is 0. The number of amides is 1. The van der Waals surface area contributed by atoms with E-state index in [1.807, 2.05) is 6.07 Å². The summed E-state index contributed by atoms with van der Waals surface area (Å²) in [5.74, 6) is 0.674. The van der Waals surface area contributed by atoms with E-state index >= 15 is 0 Å². The molecule has 0 saturated carbocycles. The quantitative estimate of drug-likeness (QED) is 0.325. The monoisotopic (exact) mass is 429 g/mol. The van der Waals surface area contributed by atoms with Crippen LogP contribution in [0.3, 0.4) is 0 Å². The third kappa shape index (κ3) is 3.99. The number of carbonyl (C=O) groups excluding carboxylic acids is 1. The molecule has 10 heteroatoms. The Morgan fingerprint density at radius 2 is 1.87 bits per heavy atom. The molecule has 10 nitrogen and oxygen atoms in total. The van der Waals surface area contributed by atoms with Crippen LogP contribution in [0.4, 0.5) is 0 Å². The van der Waals surface area contributed by atoms with E-state index in [9.17, 15) is 25.2 Å². The van der Waals surface area contributed by atoms with Crippen LogP contribution in [-0.4, -0.2) is 80.7 Å². The first-order valence-corrected chi connectivity index (χ1v) is 9.71. The van der Waals surface area contributed by atoms with Gasteiger partial charge in [0.05, 0.1) is 17.7 Å². The van der Waals surface area contributed by atoms with Crippen LogP contribution in [0, 0.1) is 0 Å². The molecule has 1 saturated heterocycles. The van der Waals surface area contributed by atoms with Crippen molar-refractivity contribution in [3.63, 3.8) is 0 Å². The molecule has 1 amide bonds. The van der Waals surface area contributed by atoms with Crippen molar-refractivity contribution in [3.8, 4) is 17.1 Å². The fraction of sp³-hybridized carbons (Fsp3) is 0.333. The van der Waals surface area contributed by atoms with E-state index in [-0.39, 0.29) is 5.91 Å². The van der Waals surface area contributed by atoms with Crippen molar-refractivity contribution in [1.82, 2.24) is 15.3 Å². The molecule has 0 bridgehead atoms. The Bertz CT molecular complexity index is 1070. The molecule has 5 unspecified atom stereocenters. The normalized spacial score (nSPS) is 26.0. The summed E-state index contributed by atoms with van der Waals surface area (Å²) in [5.41, 5.74) is 2.47. The molecule has 4 rings (SSSR count). The lowest BCUT2D eigenvalue weighted by molar-refractivity contribution is -0.277. The number of rotatable bonds is 5. The molecule has 0 radical (unpaired) electrons. The van der Waals surface area contributed by atoms with Crippen molar-refractivity contribution in [2.75, 3.05) is 13.7 Å². The highest BCUT2D eigenvalue weighted by Crippen LogP contribution is 2.27. The fourth-order valence-corrected chi connectivity index (χ4v) is 3.48. The van der Waals surface area contributed by atoms with E-state index in [1.54, 1.807) is 43.4 Å². The lowest BCUT2D eigenvalue weighted by atomic mass is 9.99. The van der Waals surface area contributed by atoms with Crippen LogP contribution in [-0.2, 0) is 4.74 Å². The first-order valence-electron chi connectivity index (χ1n) is 9.71. The van der Waals surface area contributed by atoms with Gasteiger partial charge in [-0.25, -0.2) is 4.98 Å². The third-order valence-electron chi connectivity index (χ3n) is 5.21. The summed E-state index contributed by atoms with van der Waals surface area (Å²) in [4.78, 5) is 19.8. The summed E-state index contributed by atoms with van der Waals surface area (Å²) in [5, 5.41) is 41.7. The number of para-hydroxylation sites is 1. The average Bonchev–Trinajstić information content (AvgIpc) is 3.23. The van der Waals surface area contributed by atoms with Gasteiger partial charge in [-0.15, -0.1) is 0 Å². The minimum atomic E-state index is -1.51. The number of hydrogen-bond donors (Lipinski definition) is 6. The number of aromatic amines is 1. The van der Waals surface area contributed by atoms with E-state index in [0.717, 1.165) is 11.1 Å². The Hall–Kier alpha value is -3.02. The minimum Gasteiger partial charge on any atom is -0.462 e. The second-order valence-corrected chi connectivity index (χ2v) is 7.21. The SMILES string of the molecule is CNC(=O)c1cccc2[nH]c(-c3ccc(OC4OC(CO)C(O)C(O)C4O)cc3)nc12. The van der Waals surface area contributed by atoms with Crippen LogP contribution in [0.1, 0.15) is 10.4 Å². The molecular weight excluding hydrogens is 406 g/mol. The number of aliphatic hydroxyl groups excluding tert-OH is 4. The Labute approximate surface area is 177 Å². The lowest BCUT2D eigenvalue weighted by Crippen LogP contribution is -2.60. The predicted octanol–water partition coefficient (Wildman–Crippen LogP) is -0.232. The number of nitrogens with zero attached hydrogens (tertiary/aromatic N) is 1. The molecule has 6 N–H and O–H groups in total. The Kier molecular flexibility index (Phi) is 5.90. The number of ether oxygens (including phenoxy) is 2. The Balaban J connectivity index is 1.54. The predicted molar refractivity (Wildman–Crippen MR) is 109 cm³/mol. The average molecular weight is 429 g/mol. The molecule has 1 aromatic heterocycles. The van der Waals surface area contributed by atoms with Gasteiger partial charge in [-0.05, 0) is 36.4 Å². The van der Waals surface area contributed by atoms with Gasteiger partial charge >= 0.3 is 0 Å². The van der Waals surface area contributed by atoms with Crippen molar-refractivity contribution in [2.45, 2.75) is 30.7 Å². The van der Waals surface area contributed by atoms with Gasteiger partial charge in [0.25, 0.3) is 5.91 Å². The molecule has 0 aliphatic carbocycles. The van der Waals surface area contributed by atoms with Crippen molar-refractivity contribution in [3.05, 3.63) is 48.0 Å². The van der Waals surface area contributed by atoms with Crippen LogP contribution >= 0.6 is 0 Å². The van der Waals surface area contributed by atoms with Crippen LogP contribution < -0.4 is 10.1 Å². The summed E-state index contributed by atoms with van der Waals surface area (Å²) in [6.45, 7) is -0.534. The highest BCUT2D eigenvalue weighted by Gasteiger charge is 2.44. The van der Waals surface area contributed by atoms with Crippen molar-refractivity contribution >= 4 is 16.9 Å². The molecule has 31 heavy (non-hydrogen) atoms. The smallest absolute Gasteiger partial charge is 0.253 e. The zero-order valence-corrected chi connectivity index (χ0v) is 16.6.